The zero-order chi connectivity index (χ0) is 30.2. The normalized spacial score (nSPS) is 12.3. The molecule has 0 bridgehead atoms. The van der Waals surface area contributed by atoms with Crippen molar-refractivity contribution in [2.24, 2.45) is 11.8 Å². The van der Waals surface area contributed by atoms with E-state index in [1.54, 1.807) is 48.5 Å². The van der Waals surface area contributed by atoms with Gasteiger partial charge in [0.2, 0.25) is 0 Å². The summed E-state index contributed by atoms with van der Waals surface area (Å²) in [5, 5.41) is 0. The molecule has 3 aromatic rings. The Hall–Kier alpha value is -3.80. The third kappa shape index (κ3) is 10.9. The predicted octanol–water partition coefficient (Wildman–Crippen LogP) is 9.32. The second-order valence-electron chi connectivity index (χ2n) is 10.8. The van der Waals surface area contributed by atoms with Crippen molar-refractivity contribution >= 4 is 11.9 Å². The highest BCUT2D eigenvalue weighted by atomic mass is 16.5. The molecule has 0 fully saturated rings. The standard InChI is InChI=1S/C36H46O6/c1-5-9-11-27(7-3)25-39-31-17-21-33(22-18-31)41-35(37)29-13-15-30(16-14-29)36(38)42-34-23-19-32(20-24-34)40-26-28(8-4)12-10-6-2/h13-24,27-28H,5-12,25-26H2,1-4H3. The van der Waals surface area contributed by atoms with Crippen molar-refractivity contribution in [3.63, 3.8) is 0 Å². The van der Waals surface area contributed by atoms with Crippen molar-refractivity contribution in [3.05, 3.63) is 83.9 Å². The zero-order valence-corrected chi connectivity index (χ0v) is 25.6. The van der Waals surface area contributed by atoms with Crippen LogP contribution < -0.4 is 18.9 Å². The van der Waals surface area contributed by atoms with E-state index in [-0.39, 0.29) is 0 Å². The van der Waals surface area contributed by atoms with Crippen LogP contribution in [0.3, 0.4) is 0 Å². The van der Waals surface area contributed by atoms with E-state index >= 15 is 0 Å². The van der Waals surface area contributed by atoms with Crippen LogP contribution in [0.1, 0.15) is 99.8 Å². The lowest BCUT2D eigenvalue weighted by atomic mass is 10.0. The highest BCUT2D eigenvalue weighted by Crippen LogP contribution is 2.23. The number of hydrogen-bond donors (Lipinski definition) is 0. The Kier molecular flexibility index (Phi) is 13.9. The smallest absolute Gasteiger partial charge is 0.343 e. The van der Waals surface area contributed by atoms with Gasteiger partial charge in [-0.25, -0.2) is 9.59 Å². The van der Waals surface area contributed by atoms with Crippen molar-refractivity contribution in [2.45, 2.75) is 79.1 Å². The van der Waals surface area contributed by atoms with Crippen molar-refractivity contribution in [1.29, 1.82) is 0 Å². The molecule has 0 N–H and O–H groups in total. The zero-order valence-electron chi connectivity index (χ0n) is 25.6. The number of ether oxygens (including phenoxy) is 4. The summed E-state index contributed by atoms with van der Waals surface area (Å²) in [7, 11) is 0. The molecule has 0 spiro atoms. The van der Waals surface area contributed by atoms with Crippen LogP contribution in [0, 0.1) is 11.8 Å². The van der Waals surface area contributed by atoms with Gasteiger partial charge in [-0.2, -0.15) is 0 Å². The molecule has 0 saturated heterocycles. The SMILES string of the molecule is CCCCC(CC)COc1ccc(OC(=O)c2ccc(C(=O)Oc3ccc(OCC(CC)CCCC)cc3)cc2)cc1. The maximum Gasteiger partial charge on any atom is 0.343 e. The molecule has 42 heavy (non-hydrogen) atoms. The van der Waals surface area contributed by atoms with Crippen LogP contribution in [0.4, 0.5) is 0 Å². The molecule has 2 atom stereocenters. The van der Waals surface area contributed by atoms with Gasteiger partial charge in [0.1, 0.15) is 23.0 Å². The van der Waals surface area contributed by atoms with Crippen molar-refractivity contribution in [1.82, 2.24) is 0 Å². The van der Waals surface area contributed by atoms with E-state index in [9.17, 15) is 9.59 Å². The van der Waals surface area contributed by atoms with Crippen LogP contribution in [0.25, 0.3) is 0 Å². The highest BCUT2D eigenvalue weighted by molar-refractivity contribution is 5.94. The van der Waals surface area contributed by atoms with Gasteiger partial charge in [0, 0.05) is 0 Å². The van der Waals surface area contributed by atoms with Gasteiger partial charge in [0.25, 0.3) is 0 Å². The van der Waals surface area contributed by atoms with Crippen molar-refractivity contribution < 1.29 is 28.5 Å². The lowest BCUT2D eigenvalue weighted by Crippen LogP contribution is -2.12. The Morgan fingerprint density at radius 1 is 0.524 bits per heavy atom. The van der Waals surface area contributed by atoms with Gasteiger partial charge in [-0.05, 0) is 97.5 Å². The Labute approximate surface area is 251 Å². The van der Waals surface area contributed by atoms with Gasteiger partial charge in [-0.15, -0.1) is 0 Å². The Bertz CT molecular complexity index is 1100. The fourth-order valence-electron chi connectivity index (χ4n) is 4.51. The number of carbonyl (C=O) groups excluding carboxylic acids is 2. The number of esters is 2. The second-order valence-corrected chi connectivity index (χ2v) is 10.8. The molecular formula is C36H46O6. The largest absolute Gasteiger partial charge is 0.493 e. The molecule has 0 saturated carbocycles. The van der Waals surface area contributed by atoms with Gasteiger partial charge in [0.05, 0.1) is 24.3 Å². The van der Waals surface area contributed by atoms with Crippen LogP contribution >= 0.6 is 0 Å². The summed E-state index contributed by atoms with van der Waals surface area (Å²) in [4.78, 5) is 25.3. The molecule has 2 unspecified atom stereocenters. The van der Waals surface area contributed by atoms with E-state index in [1.807, 2.05) is 24.3 Å². The number of benzene rings is 3. The molecule has 226 valence electrons. The van der Waals surface area contributed by atoms with Crippen LogP contribution in [-0.2, 0) is 0 Å². The summed E-state index contributed by atoms with van der Waals surface area (Å²) in [6, 6.07) is 20.3. The van der Waals surface area contributed by atoms with Crippen LogP contribution in [0.15, 0.2) is 72.8 Å². The quantitative estimate of drug-likeness (QED) is 0.111. The van der Waals surface area contributed by atoms with Crippen molar-refractivity contribution in [3.8, 4) is 23.0 Å². The van der Waals surface area contributed by atoms with Crippen LogP contribution in [0.2, 0.25) is 0 Å². The van der Waals surface area contributed by atoms with E-state index in [1.165, 1.54) is 38.5 Å². The first-order valence-corrected chi connectivity index (χ1v) is 15.5. The molecule has 6 nitrogen and oxygen atoms in total. The Morgan fingerprint density at radius 2 is 0.857 bits per heavy atom. The molecule has 3 rings (SSSR count). The molecule has 0 amide bonds. The minimum atomic E-state index is -0.509. The Morgan fingerprint density at radius 3 is 1.17 bits per heavy atom. The molecule has 3 aromatic carbocycles. The van der Waals surface area contributed by atoms with E-state index in [0.717, 1.165) is 24.3 Å². The second kappa shape index (κ2) is 17.9. The number of rotatable bonds is 18. The average molecular weight is 575 g/mol. The third-order valence-electron chi connectivity index (χ3n) is 7.48. The van der Waals surface area contributed by atoms with E-state index in [0.29, 0.717) is 47.7 Å². The van der Waals surface area contributed by atoms with Gasteiger partial charge < -0.3 is 18.9 Å². The van der Waals surface area contributed by atoms with Crippen molar-refractivity contribution in [2.75, 3.05) is 13.2 Å². The average Bonchev–Trinajstić information content (AvgIpc) is 3.02. The summed E-state index contributed by atoms with van der Waals surface area (Å²) in [6.45, 7) is 10.1. The number of hydrogen-bond acceptors (Lipinski definition) is 6. The summed E-state index contributed by atoms with van der Waals surface area (Å²) in [5.41, 5.74) is 0.666. The molecule has 0 aliphatic carbocycles. The maximum atomic E-state index is 12.6. The van der Waals surface area contributed by atoms with Gasteiger partial charge in [-0.1, -0.05) is 66.2 Å². The maximum absolute atomic E-state index is 12.6. The first-order chi connectivity index (χ1) is 20.4. The number of carbonyl (C=O) groups is 2. The van der Waals surface area contributed by atoms with E-state index in [4.69, 9.17) is 18.9 Å². The van der Waals surface area contributed by atoms with Crippen LogP contribution in [-0.4, -0.2) is 25.2 Å². The van der Waals surface area contributed by atoms with Gasteiger partial charge in [-0.3, -0.25) is 0 Å². The number of unbranched alkanes of at least 4 members (excludes halogenated alkanes) is 2. The lowest BCUT2D eigenvalue weighted by molar-refractivity contribution is 0.0720. The fourth-order valence-corrected chi connectivity index (χ4v) is 4.51. The van der Waals surface area contributed by atoms with E-state index in [2.05, 4.69) is 27.7 Å². The third-order valence-corrected chi connectivity index (χ3v) is 7.48. The lowest BCUT2D eigenvalue weighted by Gasteiger charge is -2.15. The predicted molar refractivity (Wildman–Crippen MR) is 167 cm³/mol. The molecular weight excluding hydrogens is 528 g/mol. The first kappa shape index (κ1) is 32.7. The molecule has 6 heteroatoms. The molecule has 0 aliphatic heterocycles. The Balaban J connectivity index is 1.47. The van der Waals surface area contributed by atoms with Gasteiger partial charge in [0.15, 0.2) is 0 Å². The van der Waals surface area contributed by atoms with E-state index < -0.39 is 11.9 Å². The monoisotopic (exact) mass is 574 g/mol. The van der Waals surface area contributed by atoms with Gasteiger partial charge >= 0.3 is 11.9 Å². The molecule has 0 aromatic heterocycles. The fraction of sp³-hybridized carbons (Fsp3) is 0.444. The molecule has 0 radical (unpaired) electrons. The molecule has 0 aliphatic rings. The highest BCUT2D eigenvalue weighted by Gasteiger charge is 2.14. The first-order valence-electron chi connectivity index (χ1n) is 15.5. The summed E-state index contributed by atoms with van der Waals surface area (Å²) in [6.07, 6.45) is 9.31. The topological polar surface area (TPSA) is 71.1 Å². The van der Waals surface area contributed by atoms with Crippen LogP contribution in [0.5, 0.6) is 23.0 Å². The minimum absolute atomic E-state index is 0.333. The minimum Gasteiger partial charge on any atom is -0.493 e. The summed E-state index contributed by atoms with van der Waals surface area (Å²) in [5.74, 6) is 2.42. The summed E-state index contributed by atoms with van der Waals surface area (Å²) < 4.78 is 22.9. The molecule has 0 heterocycles. The summed E-state index contributed by atoms with van der Waals surface area (Å²) >= 11 is 0.